The summed E-state index contributed by atoms with van der Waals surface area (Å²) in [6.07, 6.45) is 0.692. The van der Waals surface area contributed by atoms with E-state index < -0.39 is 0 Å². The Morgan fingerprint density at radius 1 is 1.47 bits per heavy atom. The second-order valence-electron chi connectivity index (χ2n) is 4.03. The highest BCUT2D eigenvalue weighted by Gasteiger charge is 2.10. The minimum absolute atomic E-state index is 0.138. The van der Waals surface area contributed by atoms with Crippen molar-refractivity contribution in [2.75, 3.05) is 6.61 Å². The smallest absolute Gasteiger partial charge is 0.261 e. The summed E-state index contributed by atoms with van der Waals surface area (Å²) in [5.41, 5.74) is 0.420. The van der Waals surface area contributed by atoms with Crippen LogP contribution in [0.1, 0.15) is 12.2 Å². The molecule has 2 aromatic rings. The van der Waals surface area contributed by atoms with Crippen LogP contribution < -0.4 is 5.56 Å². The SMILES string of the molecule is N#CCCc1nc2ccc(Br)cc2c(=O)n1CCO. The summed E-state index contributed by atoms with van der Waals surface area (Å²) in [5.74, 6) is 0.537. The standard InChI is InChI=1S/C13H12BrN3O2/c14-9-3-4-11-10(8-9)13(19)17(6-7-18)12(16-11)2-1-5-15/h3-4,8,18H,1-2,6-7H2. The molecule has 0 aliphatic rings. The molecule has 0 unspecified atom stereocenters. The number of halogens is 1. The Morgan fingerprint density at radius 2 is 2.26 bits per heavy atom. The van der Waals surface area contributed by atoms with Crippen LogP contribution in [0, 0.1) is 11.3 Å². The third kappa shape index (κ3) is 2.83. The van der Waals surface area contributed by atoms with Gasteiger partial charge < -0.3 is 5.11 Å². The van der Waals surface area contributed by atoms with E-state index >= 15 is 0 Å². The predicted octanol–water partition coefficient (Wildman–Crippen LogP) is 1.61. The van der Waals surface area contributed by atoms with Crippen molar-refractivity contribution in [2.24, 2.45) is 0 Å². The summed E-state index contributed by atoms with van der Waals surface area (Å²) < 4.78 is 2.24. The molecule has 0 spiro atoms. The van der Waals surface area contributed by atoms with Gasteiger partial charge in [0.2, 0.25) is 0 Å². The van der Waals surface area contributed by atoms with E-state index in [1.807, 2.05) is 12.1 Å². The molecule has 19 heavy (non-hydrogen) atoms. The van der Waals surface area contributed by atoms with E-state index in [2.05, 4.69) is 20.9 Å². The molecule has 0 radical (unpaired) electrons. The van der Waals surface area contributed by atoms with Crippen LogP contribution in [0.2, 0.25) is 0 Å². The fraction of sp³-hybridized carbons (Fsp3) is 0.308. The molecule has 98 valence electrons. The number of rotatable bonds is 4. The maximum absolute atomic E-state index is 12.4. The van der Waals surface area contributed by atoms with Crippen molar-refractivity contribution in [3.63, 3.8) is 0 Å². The number of nitriles is 1. The molecular formula is C13H12BrN3O2. The molecule has 5 nitrogen and oxygen atoms in total. The molecule has 1 aromatic carbocycles. The van der Waals surface area contributed by atoms with Crippen LogP contribution in [0.3, 0.4) is 0 Å². The zero-order valence-electron chi connectivity index (χ0n) is 10.1. The number of aliphatic hydroxyl groups is 1. The molecule has 1 heterocycles. The van der Waals surface area contributed by atoms with Gasteiger partial charge in [-0.15, -0.1) is 0 Å². The van der Waals surface area contributed by atoms with Gasteiger partial charge in [-0.25, -0.2) is 4.98 Å². The predicted molar refractivity (Wildman–Crippen MR) is 74.7 cm³/mol. The Bertz CT molecular complexity index is 703. The Labute approximate surface area is 118 Å². The highest BCUT2D eigenvalue weighted by Crippen LogP contribution is 2.16. The van der Waals surface area contributed by atoms with Crippen molar-refractivity contribution < 1.29 is 5.11 Å². The van der Waals surface area contributed by atoms with Gasteiger partial charge in [0.1, 0.15) is 5.82 Å². The molecule has 0 bridgehead atoms. The summed E-state index contributed by atoms with van der Waals surface area (Å²) >= 11 is 3.32. The number of aliphatic hydroxyl groups excluding tert-OH is 1. The Hall–Kier alpha value is -1.71. The number of hydrogen-bond acceptors (Lipinski definition) is 4. The number of aromatic nitrogens is 2. The molecule has 0 saturated heterocycles. The van der Waals surface area contributed by atoms with Crippen LogP contribution in [0.15, 0.2) is 27.5 Å². The van der Waals surface area contributed by atoms with E-state index in [9.17, 15) is 4.79 Å². The lowest BCUT2D eigenvalue weighted by Crippen LogP contribution is -2.26. The van der Waals surface area contributed by atoms with Crippen molar-refractivity contribution in [1.29, 1.82) is 5.26 Å². The fourth-order valence-electron chi connectivity index (χ4n) is 1.93. The van der Waals surface area contributed by atoms with Gasteiger partial charge in [0.25, 0.3) is 5.56 Å². The quantitative estimate of drug-likeness (QED) is 0.927. The lowest BCUT2D eigenvalue weighted by Gasteiger charge is -2.11. The summed E-state index contributed by atoms with van der Waals surface area (Å²) in [7, 11) is 0. The lowest BCUT2D eigenvalue weighted by atomic mass is 10.2. The van der Waals surface area contributed by atoms with Gasteiger partial charge in [-0.2, -0.15) is 5.26 Å². The van der Waals surface area contributed by atoms with Crippen molar-refractivity contribution in [3.8, 4) is 6.07 Å². The van der Waals surface area contributed by atoms with E-state index in [0.717, 1.165) is 4.47 Å². The summed E-state index contributed by atoms with van der Waals surface area (Å²) in [5, 5.41) is 18.2. The first-order valence-electron chi connectivity index (χ1n) is 5.84. The Morgan fingerprint density at radius 3 is 2.95 bits per heavy atom. The van der Waals surface area contributed by atoms with Crippen LogP contribution in [0.25, 0.3) is 10.9 Å². The van der Waals surface area contributed by atoms with Gasteiger partial charge in [-0.3, -0.25) is 9.36 Å². The van der Waals surface area contributed by atoms with Crippen LogP contribution in [0.4, 0.5) is 0 Å². The molecule has 0 aliphatic carbocycles. The summed E-state index contributed by atoms with van der Waals surface area (Å²) in [4.78, 5) is 16.8. The summed E-state index contributed by atoms with van der Waals surface area (Å²) in [6.45, 7) is 0.0513. The topological polar surface area (TPSA) is 78.9 Å². The number of aryl methyl sites for hydroxylation is 1. The van der Waals surface area contributed by atoms with Crippen molar-refractivity contribution in [2.45, 2.75) is 19.4 Å². The molecule has 0 aliphatic heterocycles. The van der Waals surface area contributed by atoms with Crippen LogP contribution in [-0.2, 0) is 13.0 Å². The molecule has 0 amide bonds. The third-order valence-corrected chi connectivity index (χ3v) is 3.27. The van der Waals surface area contributed by atoms with Gasteiger partial charge in [-0.05, 0) is 18.2 Å². The van der Waals surface area contributed by atoms with Crippen LogP contribution >= 0.6 is 15.9 Å². The maximum atomic E-state index is 12.4. The monoisotopic (exact) mass is 321 g/mol. The van der Waals surface area contributed by atoms with Crippen molar-refractivity contribution >= 4 is 26.8 Å². The Balaban J connectivity index is 2.67. The third-order valence-electron chi connectivity index (χ3n) is 2.78. The number of hydrogen-bond donors (Lipinski definition) is 1. The molecule has 0 fully saturated rings. The second kappa shape index (κ2) is 5.95. The fourth-order valence-corrected chi connectivity index (χ4v) is 2.29. The van der Waals surface area contributed by atoms with Gasteiger partial charge in [0, 0.05) is 17.3 Å². The molecular weight excluding hydrogens is 310 g/mol. The lowest BCUT2D eigenvalue weighted by molar-refractivity contribution is 0.271. The normalized spacial score (nSPS) is 10.6. The second-order valence-corrected chi connectivity index (χ2v) is 4.94. The first-order chi connectivity index (χ1) is 9.17. The van der Waals surface area contributed by atoms with E-state index in [0.29, 0.717) is 29.6 Å². The zero-order chi connectivity index (χ0) is 13.8. The largest absolute Gasteiger partial charge is 0.395 e. The molecule has 2 rings (SSSR count). The van der Waals surface area contributed by atoms with Gasteiger partial charge in [0.15, 0.2) is 0 Å². The first kappa shape index (κ1) is 13.7. The van der Waals surface area contributed by atoms with Crippen molar-refractivity contribution in [1.82, 2.24) is 9.55 Å². The maximum Gasteiger partial charge on any atom is 0.261 e. The molecule has 1 aromatic heterocycles. The zero-order valence-corrected chi connectivity index (χ0v) is 11.7. The van der Waals surface area contributed by atoms with E-state index in [1.54, 1.807) is 12.1 Å². The highest BCUT2D eigenvalue weighted by atomic mass is 79.9. The van der Waals surface area contributed by atoms with Gasteiger partial charge >= 0.3 is 0 Å². The molecule has 1 N–H and O–H groups in total. The number of fused-ring (bicyclic) bond motifs is 1. The van der Waals surface area contributed by atoms with Gasteiger partial charge in [-0.1, -0.05) is 15.9 Å². The minimum atomic E-state index is -0.187. The van der Waals surface area contributed by atoms with Crippen molar-refractivity contribution in [3.05, 3.63) is 38.9 Å². The molecule has 6 heteroatoms. The van der Waals surface area contributed by atoms with Crippen LogP contribution in [-0.4, -0.2) is 21.3 Å². The highest BCUT2D eigenvalue weighted by molar-refractivity contribution is 9.10. The van der Waals surface area contributed by atoms with E-state index in [-0.39, 0.29) is 18.7 Å². The number of benzene rings is 1. The Kier molecular flexibility index (Phi) is 4.30. The summed E-state index contributed by atoms with van der Waals surface area (Å²) in [6, 6.07) is 7.33. The van der Waals surface area contributed by atoms with E-state index in [4.69, 9.17) is 10.4 Å². The molecule has 0 saturated carbocycles. The minimum Gasteiger partial charge on any atom is -0.395 e. The van der Waals surface area contributed by atoms with E-state index in [1.165, 1.54) is 4.57 Å². The average molecular weight is 322 g/mol. The molecule has 0 atom stereocenters. The number of nitrogens with zero attached hydrogens (tertiary/aromatic N) is 3. The first-order valence-corrected chi connectivity index (χ1v) is 6.63. The van der Waals surface area contributed by atoms with Gasteiger partial charge in [0.05, 0.1) is 30.1 Å². The average Bonchev–Trinajstić information content (AvgIpc) is 2.41. The van der Waals surface area contributed by atoms with Crippen LogP contribution in [0.5, 0.6) is 0 Å².